The van der Waals surface area contributed by atoms with E-state index in [0.29, 0.717) is 16.6 Å². The van der Waals surface area contributed by atoms with E-state index in [0.717, 1.165) is 3.57 Å². The van der Waals surface area contributed by atoms with Gasteiger partial charge in [-0.15, -0.1) is 6.42 Å². The molecule has 0 aliphatic heterocycles. The highest BCUT2D eigenvalue weighted by atomic mass is 127. The number of anilines is 2. The third kappa shape index (κ3) is 4.09. The molecule has 0 radical (unpaired) electrons. The summed E-state index contributed by atoms with van der Waals surface area (Å²) in [5.41, 5.74) is 3.64. The number of hydroxylamine groups is 1. The normalized spacial score (nSPS) is 10.6. The number of fused-ring (bicyclic) bond motifs is 1. The van der Waals surface area contributed by atoms with Crippen LogP contribution in [0, 0.1) is 21.7 Å². The van der Waals surface area contributed by atoms with E-state index in [1.165, 1.54) is 6.07 Å². The number of halogens is 2. The number of hydrogen-bond acceptors (Lipinski definition) is 5. The van der Waals surface area contributed by atoms with Gasteiger partial charge >= 0.3 is 0 Å². The Balaban J connectivity index is 2.14. The number of aromatic nitrogens is 2. The van der Waals surface area contributed by atoms with Gasteiger partial charge in [0.2, 0.25) is 0 Å². The molecule has 0 bridgehead atoms. The third-order valence-corrected chi connectivity index (χ3v) is 4.55. The summed E-state index contributed by atoms with van der Waals surface area (Å²) < 4.78 is 16.8. The Morgan fingerprint density at radius 3 is 2.96 bits per heavy atom. The van der Waals surface area contributed by atoms with E-state index in [2.05, 4.69) is 21.7 Å². The predicted octanol–water partition coefficient (Wildman–Crippen LogP) is 2.81. The van der Waals surface area contributed by atoms with Crippen LogP contribution in [0.1, 0.15) is 10.5 Å². The molecule has 0 saturated heterocycles. The number of carbonyl (C=O) groups is 1. The molecule has 7 nitrogen and oxygen atoms in total. The zero-order chi connectivity index (χ0) is 20.1. The van der Waals surface area contributed by atoms with Gasteiger partial charge in [0.1, 0.15) is 11.5 Å². The van der Waals surface area contributed by atoms with Crippen LogP contribution in [0.15, 0.2) is 36.7 Å². The molecule has 3 N–H and O–H groups in total. The summed E-state index contributed by atoms with van der Waals surface area (Å²) in [5, 5.41) is 12.4. The van der Waals surface area contributed by atoms with Crippen molar-refractivity contribution < 1.29 is 19.1 Å². The molecule has 1 aromatic carbocycles. The second-order valence-corrected chi connectivity index (χ2v) is 6.90. The van der Waals surface area contributed by atoms with E-state index >= 15 is 0 Å². The first-order valence-electron chi connectivity index (χ1n) is 8.21. The number of aliphatic hydroxyl groups is 1. The molecule has 0 spiro atoms. The number of nitrogens with zero attached hydrogens (tertiary/aromatic N) is 2. The average Bonchev–Trinajstić information content (AvgIpc) is 2.98. The number of nitrogens with one attached hydrogen (secondary N) is 2. The van der Waals surface area contributed by atoms with Crippen LogP contribution >= 0.6 is 22.6 Å². The van der Waals surface area contributed by atoms with Gasteiger partial charge in [0, 0.05) is 21.4 Å². The molecule has 2 heterocycles. The number of aliphatic hydroxyl groups excluding tert-OH is 1. The Morgan fingerprint density at radius 2 is 2.25 bits per heavy atom. The zero-order valence-corrected chi connectivity index (χ0v) is 16.7. The number of rotatable bonds is 7. The van der Waals surface area contributed by atoms with Gasteiger partial charge in [-0.05, 0) is 46.9 Å². The summed E-state index contributed by atoms with van der Waals surface area (Å²) in [6, 6.07) is 6.43. The van der Waals surface area contributed by atoms with Gasteiger partial charge in [0.15, 0.2) is 0 Å². The van der Waals surface area contributed by atoms with Gasteiger partial charge in [-0.2, -0.15) is 0 Å². The predicted molar refractivity (Wildman–Crippen MR) is 111 cm³/mol. The average molecular weight is 494 g/mol. The molecule has 2 aromatic heterocycles. The van der Waals surface area contributed by atoms with Crippen LogP contribution in [0.4, 0.5) is 15.8 Å². The van der Waals surface area contributed by atoms with Crippen LogP contribution < -0.4 is 10.8 Å². The summed E-state index contributed by atoms with van der Waals surface area (Å²) in [6.45, 7) is -0.214. The Labute approximate surface area is 174 Å². The smallest absolute Gasteiger partial charge is 0.293 e. The lowest BCUT2D eigenvalue weighted by atomic mass is 10.2. The van der Waals surface area contributed by atoms with Crippen LogP contribution in [0.25, 0.3) is 10.9 Å². The highest BCUT2D eigenvalue weighted by Gasteiger charge is 2.24. The molecule has 0 atom stereocenters. The van der Waals surface area contributed by atoms with Crippen molar-refractivity contribution in [2.75, 3.05) is 18.5 Å². The summed E-state index contributed by atoms with van der Waals surface area (Å²) in [4.78, 5) is 21.8. The summed E-state index contributed by atoms with van der Waals surface area (Å²) in [6.07, 6.45) is 8.63. The Hall–Kier alpha value is -2.68. The van der Waals surface area contributed by atoms with Gasteiger partial charge < -0.3 is 15.0 Å². The number of amides is 1. The van der Waals surface area contributed by atoms with Gasteiger partial charge in [-0.1, -0.05) is 5.92 Å². The molecule has 3 rings (SSSR count). The minimum Gasteiger partial charge on any atom is -0.394 e. The summed E-state index contributed by atoms with van der Waals surface area (Å²) in [7, 11) is 0. The molecule has 0 saturated carbocycles. The van der Waals surface area contributed by atoms with Crippen molar-refractivity contribution in [2.45, 2.75) is 6.54 Å². The molecule has 0 unspecified atom stereocenters. The van der Waals surface area contributed by atoms with E-state index < -0.39 is 11.7 Å². The van der Waals surface area contributed by atoms with E-state index in [1.54, 1.807) is 35.2 Å². The SMILES string of the molecule is C#CCn1c(C(=O)NOCCO)c(Nc2ccc(I)cc2F)c2cnccc21. The maximum Gasteiger partial charge on any atom is 0.293 e. The lowest BCUT2D eigenvalue weighted by molar-refractivity contribution is 0.0163. The topological polar surface area (TPSA) is 88.4 Å². The largest absolute Gasteiger partial charge is 0.394 e. The summed E-state index contributed by atoms with van der Waals surface area (Å²) >= 11 is 2.01. The minimum absolute atomic E-state index is 0.0722. The van der Waals surface area contributed by atoms with Gasteiger partial charge in [0.25, 0.3) is 5.91 Å². The fourth-order valence-electron chi connectivity index (χ4n) is 2.75. The molecule has 0 fully saturated rings. The van der Waals surface area contributed by atoms with Crippen LogP contribution in [0.2, 0.25) is 0 Å². The van der Waals surface area contributed by atoms with Crippen molar-refractivity contribution in [3.63, 3.8) is 0 Å². The van der Waals surface area contributed by atoms with Gasteiger partial charge in [0.05, 0.1) is 36.6 Å². The van der Waals surface area contributed by atoms with E-state index in [4.69, 9.17) is 16.4 Å². The molecule has 3 aromatic rings. The first-order valence-corrected chi connectivity index (χ1v) is 9.29. The molecule has 144 valence electrons. The standard InChI is InChI=1S/C19H16FIN4O3/c1-2-7-25-16-5-6-22-11-13(16)17(18(25)19(27)24-28-9-8-26)23-15-4-3-12(21)10-14(15)20/h1,3-6,10-11,23,26H,7-9H2,(H,24,27). The maximum absolute atomic E-state index is 14.4. The lowest BCUT2D eigenvalue weighted by Crippen LogP contribution is -2.28. The van der Waals surface area contributed by atoms with Crippen LogP contribution in [0.3, 0.4) is 0 Å². The van der Waals surface area contributed by atoms with Crippen molar-refractivity contribution in [1.29, 1.82) is 0 Å². The highest BCUT2D eigenvalue weighted by molar-refractivity contribution is 14.1. The zero-order valence-electron chi connectivity index (χ0n) is 14.6. The van der Waals surface area contributed by atoms with Gasteiger partial charge in [-0.3, -0.25) is 14.6 Å². The Kier molecular flexibility index (Phi) is 6.45. The van der Waals surface area contributed by atoms with Crippen molar-refractivity contribution in [3.8, 4) is 12.3 Å². The van der Waals surface area contributed by atoms with Gasteiger partial charge in [-0.25, -0.2) is 9.87 Å². The Morgan fingerprint density at radius 1 is 1.43 bits per heavy atom. The van der Waals surface area contributed by atoms with Crippen LogP contribution in [-0.2, 0) is 11.4 Å². The first kappa shape index (κ1) is 20.1. The molecular weight excluding hydrogens is 478 g/mol. The van der Waals surface area contributed by atoms with E-state index in [-0.39, 0.29) is 31.1 Å². The fourth-order valence-corrected chi connectivity index (χ4v) is 3.21. The van der Waals surface area contributed by atoms with E-state index in [9.17, 15) is 9.18 Å². The quantitative estimate of drug-likeness (QED) is 0.204. The number of hydrogen-bond donors (Lipinski definition) is 3. The highest BCUT2D eigenvalue weighted by Crippen LogP contribution is 2.34. The van der Waals surface area contributed by atoms with Crippen molar-refractivity contribution >= 4 is 50.8 Å². The minimum atomic E-state index is -0.590. The second kappa shape index (κ2) is 9.01. The third-order valence-electron chi connectivity index (χ3n) is 3.88. The summed E-state index contributed by atoms with van der Waals surface area (Å²) in [5.74, 6) is 1.46. The molecule has 0 aliphatic carbocycles. The Bertz CT molecular complexity index is 1060. The first-order chi connectivity index (χ1) is 13.6. The molecule has 1 amide bonds. The molecule has 28 heavy (non-hydrogen) atoms. The number of carbonyl (C=O) groups excluding carboxylic acids is 1. The number of pyridine rings is 1. The fraction of sp³-hybridized carbons (Fsp3) is 0.158. The molecule has 0 aliphatic rings. The van der Waals surface area contributed by atoms with Crippen LogP contribution in [0.5, 0.6) is 0 Å². The van der Waals surface area contributed by atoms with Crippen molar-refractivity contribution in [1.82, 2.24) is 15.0 Å². The molecular formula is C19H16FIN4O3. The lowest BCUT2D eigenvalue weighted by Gasteiger charge is -2.12. The maximum atomic E-state index is 14.4. The number of terminal acetylenes is 1. The van der Waals surface area contributed by atoms with E-state index in [1.807, 2.05) is 22.6 Å². The molecule has 9 heteroatoms. The number of benzene rings is 1. The second-order valence-electron chi connectivity index (χ2n) is 5.66. The monoisotopic (exact) mass is 494 g/mol. The van der Waals surface area contributed by atoms with Crippen LogP contribution in [-0.4, -0.2) is 33.8 Å². The van der Waals surface area contributed by atoms with Crippen molar-refractivity contribution in [3.05, 3.63) is 51.7 Å². The van der Waals surface area contributed by atoms with Crippen molar-refractivity contribution in [2.24, 2.45) is 0 Å².